The quantitative estimate of drug-likeness (QED) is 0.693. The average molecular weight is 196 g/mol. The molecular formula is C9H12N2OS. The summed E-state index contributed by atoms with van der Waals surface area (Å²) in [5.74, 6) is 0.0706. The van der Waals surface area contributed by atoms with Crippen molar-refractivity contribution in [3.05, 3.63) is 22.4 Å². The van der Waals surface area contributed by atoms with E-state index in [4.69, 9.17) is 0 Å². The zero-order valence-electron chi connectivity index (χ0n) is 7.46. The summed E-state index contributed by atoms with van der Waals surface area (Å²) in [5, 5.41) is 8.10. The second kappa shape index (κ2) is 3.12. The van der Waals surface area contributed by atoms with Gasteiger partial charge in [0.25, 0.3) is 0 Å². The van der Waals surface area contributed by atoms with E-state index in [0.29, 0.717) is 0 Å². The van der Waals surface area contributed by atoms with E-state index in [0.717, 1.165) is 18.0 Å². The number of carbonyl (C=O) groups is 1. The lowest BCUT2D eigenvalue weighted by atomic mass is 9.97. The molecule has 1 atom stereocenters. The molecule has 1 aliphatic heterocycles. The highest BCUT2D eigenvalue weighted by Gasteiger charge is 2.37. The van der Waals surface area contributed by atoms with Crippen molar-refractivity contribution >= 4 is 17.2 Å². The number of hydrogen-bond acceptors (Lipinski definition) is 3. The molecule has 0 bridgehead atoms. The Hall–Kier alpha value is -0.870. The average Bonchev–Trinajstić information content (AvgIpc) is 2.63. The Morgan fingerprint density at radius 3 is 3.00 bits per heavy atom. The highest BCUT2D eigenvalue weighted by molar-refractivity contribution is 7.10. The van der Waals surface area contributed by atoms with E-state index in [1.807, 2.05) is 24.4 Å². The van der Waals surface area contributed by atoms with Gasteiger partial charge >= 0.3 is 0 Å². The summed E-state index contributed by atoms with van der Waals surface area (Å²) in [7, 11) is 0. The van der Waals surface area contributed by atoms with Crippen LogP contribution in [-0.2, 0) is 10.3 Å². The van der Waals surface area contributed by atoms with Crippen molar-refractivity contribution in [1.29, 1.82) is 0 Å². The van der Waals surface area contributed by atoms with Crippen LogP contribution < -0.4 is 10.6 Å². The second-order valence-electron chi connectivity index (χ2n) is 3.28. The predicted molar refractivity (Wildman–Crippen MR) is 52.7 cm³/mol. The minimum absolute atomic E-state index is 0.0706. The summed E-state index contributed by atoms with van der Waals surface area (Å²) in [6.45, 7) is 3.48. The minimum atomic E-state index is -0.521. The molecule has 2 rings (SSSR count). The van der Waals surface area contributed by atoms with Crippen molar-refractivity contribution in [2.24, 2.45) is 0 Å². The number of carbonyl (C=O) groups excluding carboxylic acids is 1. The van der Waals surface area contributed by atoms with Gasteiger partial charge in [0.05, 0.1) is 0 Å². The molecule has 70 valence electrons. The fourth-order valence-corrected chi connectivity index (χ4v) is 2.37. The van der Waals surface area contributed by atoms with Gasteiger partial charge in [0.15, 0.2) is 0 Å². The standard InChI is InChI=1S/C9H12N2OS/c1-9(7-3-2-6-13-7)8(12)10-4-5-11-9/h2-3,6,11H,4-5H2,1H3,(H,10,12). The van der Waals surface area contributed by atoms with Crippen molar-refractivity contribution in [1.82, 2.24) is 10.6 Å². The van der Waals surface area contributed by atoms with Crippen molar-refractivity contribution in [3.8, 4) is 0 Å². The van der Waals surface area contributed by atoms with Crippen molar-refractivity contribution < 1.29 is 4.79 Å². The van der Waals surface area contributed by atoms with Gasteiger partial charge in [-0.2, -0.15) is 0 Å². The Morgan fingerprint density at radius 1 is 1.54 bits per heavy atom. The Balaban J connectivity index is 2.33. The fraction of sp³-hybridized carbons (Fsp3) is 0.444. The fourth-order valence-electron chi connectivity index (χ4n) is 1.51. The van der Waals surface area contributed by atoms with E-state index >= 15 is 0 Å². The number of amides is 1. The Morgan fingerprint density at radius 2 is 2.38 bits per heavy atom. The molecule has 1 aromatic heterocycles. The first-order valence-electron chi connectivity index (χ1n) is 4.31. The first kappa shape index (κ1) is 8.72. The molecule has 1 aliphatic rings. The molecule has 2 N–H and O–H groups in total. The molecule has 2 heterocycles. The summed E-state index contributed by atoms with van der Waals surface area (Å²) >= 11 is 1.61. The normalized spacial score (nSPS) is 28.5. The molecule has 3 nitrogen and oxygen atoms in total. The van der Waals surface area contributed by atoms with Crippen LogP contribution in [0.3, 0.4) is 0 Å². The summed E-state index contributed by atoms with van der Waals surface area (Å²) in [5.41, 5.74) is -0.521. The monoisotopic (exact) mass is 196 g/mol. The van der Waals surface area contributed by atoms with Crippen LogP contribution in [0.5, 0.6) is 0 Å². The van der Waals surface area contributed by atoms with Crippen LogP contribution in [0.1, 0.15) is 11.8 Å². The zero-order chi connectivity index (χ0) is 9.31. The Labute approximate surface area is 81.2 Å². The maximum absolute atomic E-state index is 11.6. The lowest BCUT2D eigenvalue weighted by Gasteiger charge is -2.32. The maximum Gasteiger partial charge on any atom is 0.245 e. The number of thiophene rings is 1. The molecule has 1 amide bonds. The first-order valence-corrected chi connectivity index (χ1v) is 5.19. The van der Waals surface area contributed by atoms with E-state index in [9.17, 15) is 4.79 Å². The Kier molecular flexibility index (Phi) is 2.09. The van der Waals surface area contributed by atoms with Gasteiger partial charge in [-0.05, 0) is 18.4 Å². The molecule has 0 saturated carbocycles. The van der Waals surface area contributed by atoms with Gasteiger partial charge in [-0.3, -0.25) is 10.1 Å². The minimum Gasteiger partial charge on any atom is -0.353 e. The highest BCUT2D eigenvalue weighted by atomic mass is 32.1. The SMILES string of the molecule is CC1(c2cccs2)NCCNC1=O. The van der Waals surface area contributed by atoms with E-state index in [1.54, 1.807) is 11.3 Å². The van der Waals surface area contributed by atoms with Crippen molar-refractivity contribution in [2.75, 3.05) is 13.1 Å². The third kappa shape index (κ3) is 1.36. The Bertz CT molecular complexity index is 309. The molecule has 1 aromatic rings. The third-order valence-corrected chi connectivity index (χ3v) is 3.45. The number of hydrogen-bond donors (Lipinski definition) is 2. The number of rotatable bonds is 1. The second-order valence-corrected chi connectivity index (χ2v) is 4.23. The van der Waals surface area contributed by atoms with Crippen LogP contribution >= 0.6 is 11.3 Å². The lowest BCUT2D eigenvalue weighted by Crippen LogP contribution is -2.58. The summed E-state index contributed by atoms with van der Waals surface area (Å²) in [4.78, 5) is 12.7. The van der Waals surface area contributed by atoms with Gasteiger partial charge in [-0.1, -0.05) is 6.07 Å². The van der Waals surface area contributed by atoms with Crippen LogP contribution in [0.2, 0.25) is 0 Å². The van der Waals surface area contributed by atoms with Gasteiger partial charge in [0.2, 0.25) is 5.91 Å². The molecular weight excluding hydrogens is 184 g/mol. The summed E-state index contributed by atoms with van der Waals surface area (Å²) < 4.78 is 0. The van der Waals surface area contributed by atoms with Crippen molar-refractivity contribution in [3.63, 3.8) is 0 Å². The van der Waals surface area contributed by atoms with Gasteiger partial charge in [0.1, 0.15) is 5.54 Å². The van der Waals surface area contributed by atoms with Crippen LogP contribution in [0, 0.1) is 0 Å². The molecule has 0 spiro atoms. The third-order valence-electron chi connectivity index (χ3n) is 2.36. The first-order chi connectivity index (χ1) is 6.23. The van der Waals surface area contributed by atoms with E-state index in [-0.39, 0.29) is 5.91 Å². The number of nitrogens with one attached hydrogen (secondary N) is 2. The van der Waals surface area contributed by atoms with E-state index in [2.05, 4.69) is 10.6 Å². The predicted octanol–water partition coefficient (Wildman–Crippen LogP) is 0.683. The smallest absolute Gasteiger partial charge is 0.245 e. The molecule has 1 saturated heterocycles. The zero-order valence-corrected chi connectivity index (χ0v) is 8.28. The van der Waals surface area contributed by atoms with E-state index < -0.39 is 5.54 Å². The van der Waals surface area contributed by atoms with Crippen LogP contribution in [0.4, 0.5) is 0 Å². The topological polar surface area (TPSA) is 41.1 Å². The van der Waals surface area contributed by atoms with Gasteiger partial charge in [-0.25, -0.2) is 0 Å². The van der Waals surface area contributed by atoms with Crippen LogP contribution in [0.25, 0.3) is 0 Å². The van der Waals surface area contributed by atoms with Gasteiger partial charge in [-0.15, -0.1) is 11.3 Å². The number of piperazine rings is 1. The molecule has 13 heavy (non-hydrogen) atoms. The molecule has 1 unspecified atom stereocenters. The molecule has 0 radical (unpaired) electrons. The van der Waals surface area contributed by atoms with Crippen molar-refractivity contribution in [2.45, 2.75) is 12.5 Å². The summed E-state index contributed by atoms with van der Waals surface area (Å²) in [6.07, 6.45) is 0. The van der Waals surface area contributed by atoms with E-state index in [1.165, 1.54) is 0 Å². The molecule has 0 aromatic carbocycles. The van der Waals surface area contributed by atoms with Crippen LogP contribution in [0.15, 0.2) is 17.5 Å². The van der Waals surface area contributed by atoms with Gasteiger partial charge < -0.3 is 5.32 Å². The van der Waals surface area contributed by atoms with Crippen LogP contribution in [-0.4, -0.2) is 19.0 Å². The molecule has 1 fully saturated rings. The lowest BCUT2D eigenvalue weighted by molar-refractivity contribution is -0.128. The molecule has 0 aliphatic carbocycles. The summed E-state index contributed by atoms with van der Waals surface area (Å²) in [6, 6.07) is 3.96. The largest absolute Gasteiger partial charge is 0.353 e. The maximum atomic E-state index is 11.6. The highest BCUT2D eigenvalue weighted by Crippen LogP contribution is 2.26. The molecule has 4 heteroatoms. The van der Waals surface area contributed by atoms with Gasteiger partial charge in [0, 0.05) is 18.0 Å².